The van der Waals surface area contributed by atoms with Gasteiger partial charge in [-0.2, -0.15) is 0 Å². The zero-order valence-electron chi connectivity index (χ0n) is 13.7. The molecule has 0 spiro atoms. The first-order valence-electron chi connectivity index (χ1n) is 8.36. The second-order valence-electron chi connectivity index (χ2n) is 6.11. The van der Waals surface area contributed by atoms with E-state index in [2.05, 4.69) is 9.88 Å². The molecule has 1 aromatic heterocycles. The van der Waals surface area contributed by atoms with Crippen LogP contribution in [-0.2, 0) is 0 Å². The summed E-state index contributed by atoms with van der Waals surface area (Å²) in [5.74, 6) is 0.0670. The molecule has 0 aliphatic carbocycles. The Hall–Kier alpha value is -2.59. The first kappa shape index (κ1) is 15.9. The van der Waals surface area contributed by atoms with Crippen molar-refractivity contribution in [2.24, 2.45) is 0 Å². The smallest absolute Gasteiger partial charge is 0.254 e. The number of carbonyl (C=O) groups is 1. The van der Waals surface area contributed by atoms with Crippen LogP contribution in [0.5, 0.6) is 0 Å². The van der Waals surface area contributed by atoms with Gasteiger partial charge in [0.05, 0.1) is 21.8 Å². The van der Waals surface area contributed by atoms with Crippen LogP contribution in [0.15, 0.2) is 60.8 Å². The van der Waals surface area contributed by atoms with Gasteiger partial charge in [-0.1, -0.05) is 41.9 Å². The maximum Gasteiger partial charge on any atom is 0.254 e. The maximum atomic E-state index is 13.0. The molecule has 3 aromatic rings. The molecule has 1 amide bonds. The Labute approximate surface area is 151 Å². The zero-order valence-corrected chi connectivity index (χ0v) is 14.5. The number of rotatable bonds is 2. The summed E-state index contributed by atoms with van der Waals surface area (Å²) in [5.41, 5.74) is 2.60. The van der Waals surface area contributed by atoms with Crippen LogP contribution < -0.4 is 4.90 Å². The van der Waals surface area contributed by atoms with Gasteiger partial charge in [0.25, 0.3) is 5.91 Å². The molecule has 126 valence electrons. The fourth-order valence-corrected chi connectivity index (χ4v) is 3.57. The molecule has 2 aromatic carbocycles. The van der Waals surface area contributed by atoms with Crippen LogP contribution >= 0.6 is 11.6 Å². The zero-order chi connectivity index (χ0) is 17.2. The van der Waals surface area contributed by atoms with E-state index >= 15 is 0 Å². The van der Waals surface area contributed by atoms with E-state index in [9.17, 15) is 4.79 Å². The second kappa shape index (κ2) is 6.73. The number of halogens is 1. The number of benzene rings is 2. The Bertz CT molecular complexity index is 914. The van der Waals surface area contributed by atoms with Crippen molar-refractivity contribution in [3.05, 3.63) is 71.4 Å². The van der Waals surface area contributed by atoms with Crippen LogP contribution in [0.4, 0.5) is 5.69 Å². The third-order valence-electron chi connectivity index (χ3n) is 4.64. The number of anilines is 1. The van der Waals surface area contributed by atoms with Crippen molar-refractivity contribution in [1.29, 1.82) is 0 Å². The highest BCUT2D eigenvalue weighted by atomic mass is 35.5. The molecule has 1 fully saturated rings. The summed E-state index contributed by atoms with van der Waals surface area (Å²) in [6.45, 7) is 2.92. The second-order valence-corrected chi connectivity index (χ2v) is 6.51. The minimum Gasteiger partial charge on any atom is -0.367 e. The molecule has 1 aliphatic rings. The highest BCUT2D eigenvalue weighted by molar-refractivity contribution is 6.33. The minimum absolute atomic E-state index is 0.0670. The lowest BCUT2D eigenvalue weighted by Crippen LogP contribution is -2.48. The van der Waals surface area contributed by atoms with Crippen molar-refractivity contribution in [3.63, 3.8) is 0 Å². The van der Waals surface area contributed by atoms with E-state index in [-0.39, 0.29) is 5.91 Å². The summed E-state index contributed by atoms with van der Waals surface area (Å²) in [4.78, 5) is 21.5. The molecule has 1 aliphatic heterocycles. The van der Waals surface area contributed by atoms with Gasteiger partial charge in [-0.15, -0.1) is 0 Å². The lowest BCUT2D eigenvalue weighted by atomic mass is 10.1. The number of fused-ring (bicyclic) bond motifs is 1. The van der Waals surface area contributed by atoms with E-state index in [0.29, 0.717) is 13.1 Å². The molecule has 0 unspecified atom stereocenters. The van der Waals surface area contributed by atoms with E-state index in [1.807, 2.05) is 59.5 Å². The number of hydrogen-bond donors (Lipinski definition) is 0. The summed E-state index contributed by atoms with van der Waals surface area (Å²) in [7, 11) is 0. The van der Waals surface area contributed by atoms with Crippen molar-refractivity contribution < 1.29 is 4.79 Å². The van der Waals surface area contributed by atoms with Gasteiger partial charge in [0.1, 0.15) is 0 Å². The molecule has 0 N–H and O–H groups in total. The lowest BCUT2D eigenvalue weighted by Gasteiger charge is -2.36. The fourth-order valence-electron chi connectivity index (χ4n) is 3.31. The molecular formula is C20H18ClN3O. The molecule has 2 heterocycles. The fraction of sp³-hybridized carbons (Fsp3) is 0.200. The summed E-state index contributed by atoms with van der Waals surface area (Å²) in [5, 5.41) is 1.66. The van der Waals surface area contributed by atoms with Crippen LogP contribution in [-0.4, -0.2) is 42.0 Å². The molecule has 1 saturated heterocycles. The summed E-state index contributed by atoms with van der Waals surface area (Å²) in [6.07, 6.45) is 1.70. The van der Waals surface area contributed by atoms with Gasteiger partial charge in [-0.05, 0) is 24.3 Å². The van der Waals surface area contributed by atoms with Crippen molar-refractivity contribution in [2.75, 3.05) is 31.1 Å². The highest BCUT2D eigenvalue weighted by Gasteiger charge is 2.24. The topological polar surface area (TPSA) is 36.4 Å². The summed E-state index contributed by atoms with van der Waals surface area (Å²) < 4.78 is 0. The number of aromatic nitrogens is 1. The Kier molecular flexibility index (Phi) is 4.28. The van der Waals surface area contributed by atoms with Crippen LogP contribution in [0.1, 0.15) is 10.4 Å². The van der Waals surface area contributed by atoms with Gasteiger partial charge >= 0.3 is 0 Å². The van der Waals surface area contributed by atoms with Crippen LogP contribution in [0.2, 0.25) is 5.02 Å². The predicted octanol–water partition coefficient (Wildman–Crippen LogP) is 3.85. The molecule has 4 rings (SSSR count). The number of para-hydroxylation sites is 2. The molecule has 4 nitrogen and oxygen atoms in total. The monoisotopic (exact) mass is 351 g/mol. The largest absolute Gasteiger partial charge is 0.367 e. The number of pyridine rings is 1. The third-order valence-corrected chi connectivity index (χ3v) is 4.96. The average Bonchev–Trinajstić information content (AvgIpc) is 2.67. The quantitative estimate of drug-likeness (QED) is 0.703. The van der Waals surface area contributed by atoms with Gasteiger partial charge in [0, 0.05) is 37.8 Å². The van der Waals surface area contributed by atoms with Crippen molar-refractivity contribution in [1.82, 2.24) is 9.88 Å². The summed E-state index contributed by atoms with van der Waals surface area (Å²) in [6, 6.07) is 17.4. The van der Waals surface area contributed by atoms with E-state index in [0.717, 1.165) is 40.3 Å². The number of nitrogens with zero attached hydrogens (tertiary/aromatic N) is 3. The average molecular weight is 352 g/mol. The number of piperazine rings is 1. The normalized spacial score (nSPS) is 14.8. The first-order valence-corrected chi connectivity index (χ1v) is 8.74. The molecule has 0 atom stereocenters. The van der Waals surface area contributed by atoms with E-state index in [4.69, 9.17) is 11.6 Å². The number of hydrogen-bond acceptors (Lipinski definition) is 3. The van der Waals surface area contributed by atoms with Crippen molar-refractivity contribution >= 4 is 34.1 Å². The Morgan fingerprint density at radius 3 is 2.44 bits per heavy atom. The maximum absolute atomic E-state index is 13.0. The number of carbonyl (C=O) groups excluding carboxylic acids is 1. The minimum atomic E-state index is 0.0670. The van der Waals surface area contributed by atoms with Crippen LogP contribution in [0, 0.1) is 0 Å². The van der Waals surface area contributed by atoms with Gasteiger partial charge in [-0.3, -0.25) is 9.78 Å². The molecule has 25 heavy (non-hydrogen) atoms. The highest BCUT2D eigenvalue weighted by Crippen LogP contribution is 2.26. The van der Waals surface area contributed by atoms with Crippen molar-refractivity contribution in [3.8, 4) is 0 Å². The van der Waals surface area contributed by atoms with E-state index in [1.165, 1.54) is 0 Å². The molecule has 5 heteroatoms. The van der Waals surface area contributed by atoms with Crippen LogP contribution in [0.25, 0.3) is 10.9 Å². The number of amides is 1. The molecule has 0 saturated carbocycles. The molecular weight excluding hydrogens is 334 g/mol. The Balaban J connectivity index is 1.52. The van der Waals surface area contributed by atoms with Gasteiger partial charge in [-0.25, -0.2) is 0 Å². The standard InChI is InChI=1S/C20H18ClN3O/c21-17-6-2-4-8-19(17)23-11-13-24(14-12-23)20(25)16-9-10-22-18-7-3-1-5-15(16)18/h1-10H,11-14H2. The van der Waals surface area contributed by atoms with Gasteiger partial charge in [0.15, 0.2) is 0 Å². The Morgan fingerprint density at radius 1 is 0.920 bits per heavy atom. The molecule has 0 bridgehead atoms. The summed E-state index contributed by atoms with van der Waals surface area (Å²) >= 11 is 6.29. The Morgan fingerprint density at radius 2 is 1.64 bits per heavy atom. The van der Waals surface area contributed by atoms with Crippen LogP contribution in [0.3, 0.4) is 0 Å². The lowest BCUT2D eigenvalue weighted by molar-refractivity contribution is 0.0748. The van der Waals surface area contributed by atoms with Gasteiger partial charge in [0.2, 0.25) is 0 Å². The third kappa shape index (κ3) is 3.05. The van der Waals surface area contributed by atoms with E-state index in [1.54, 1.807) is 6.20 Å². The van der Waals surface area contributed by atoms with E-state index < -0.39 is 0 Å². The predicted molar refractivity (Wildman–Crippen MR) is 101 cm³/mol. The first-order chi connectivity index (χ1) is 12.2. The van der Waals surface area contributed by atoms with Gasteiger partial charge < -0.3 is 9.80 Å². The van der Waals surface area contributed by atoms with Crippen molar-refractivity contribution in [2.45, 2.75) is 0 Å². The molecule has 0 radical (unpaired) electrons. The SMILES string of the molecule is O=C(c1ccnc2ccccc12)N1CCN(c2ccccc2Cl)CC1.